The molecule has 2 unspecified atom stereocenters. The number of amides is 2. The lowest BCUT2D eigenvalue weighted by Crippen LogP contribution is -2.42. The van der Waals surface area contributed by atoms with Gasteiger partial charge in [0, 0.05) is 26.1 Å². The highest BCUT2D eigenvalue weighted by Crippen LogP contribution is 2.32. The Morgan fingerprint density at radius 1 is 1.22 bits per heavy atom. The van der Waals surface area contributed by atoms with E-state index in [1.54, 1.807) is 11.8 Å². The highest BCUT2D eigenvalue weighted by molar-refractivity contribution is 5.83. The second-order valence-electron chi connectivity index (χ2n) is 10.3. The van der Waals surface area contributed by atoms with Gasteiger partial charge in [0.2, 0.25) is 0 Å². The van der Waals surface area contributed by atoms with Gasteiger partial charge >= 0.3 is 6.09 Å². The van der Waals surface area contributed by atoms with Crippen molar-refractivity contribution in [2.24, 2.45) is 5.92 Å². The summed E-state index contributed by atoms with van der Waals surface area (Å²) in [4.78, 5) is 39.6. The highest BCUT2D eigenvalue weighted by Gasteiger charge is 2.47. The number of hydrogen-bond acceptors (Lipinski definition) is 10. The highest BCUT2D eigenvalue weighted by atomic mass is 16.6. The fourth-order valence-electron chi connectivity index (χ4n) is 4.55. The number of aliphatic hydroxyl groups is 2. The van der Waals surface area contributed by atoms with Crippen molar-refractivity contribution in [2.75, 3.05) is 25.4 Å². The first-order valence-electron chi connectivity index (χ1n) is 12.2. The molecule has 2 aromatic heterocycles. The number of nitrogens with one attached hydrogen (secondary N) is 1. The summed E-state index contributed by atoms with van der Waals surface area (Å²) < 4.78 is 12.6. The average molecular weight is 506 g/mol. The first kappa shape index (κ1) is 26.0. The molecule has 0 radical (unpaired) electrons. The fraction of sp³-hybridized carbons (Fsp3) is 0.696. The summed E-state index contributed by atoms with van der Waals surface area (Å²) in [6.07, 6.45) is -1.90. The number of rotatable bonds is 5. The van der Waals surface area contributed by atoms with E-state index in [9.17, 15) is 19.8 Å². The number of aromatic nitrogens is 4. The van der Waals surface area contributed by atoms with Crippen molar-refractivity contribution < 1.29 is 29.3 Å². The molecule has 2 fully saturated rings. The molecule has 13 heteroatoms. The molecule has 0 spiro atoms. The van der Waals surface area contributed by atoms with Crippen LogP contribution in [0.2, 0.25) is 0 Å². The SMILES string of the molecule is CCNC(=O)[C@H]1O[C@@H](n2cnc3c(N)nc(CC4CCN(C(=O)OC(C)(C)C)CC4)nc32)C(O)C1O. The lowest BCUT2D eigenvalue weighted by molar-refractivity contribution is -0.137. The second-order valence-corrected chi connectivity index (χ2v) is 10.3. The molecule has 36 heavy (non-hydrogen) atoms. The van der Waals surface area contributed by atoms with Crippen LogP contribution in [0.5, 0.6) is 0 Å². The number of likely N-dealkylation sites (tertiary alicyclic amines) is 1. The number of imidazole rings is 1. The summed E-state index contributed by atoms with van der Waals surface area (Å²) in [6.45, 7) is 8.81. The van der Waals surface area contributed by atoms with E-state index in [1.165, 1.54) is 10.9 Å². The molecule has 4 heterocycles. The third-order valence-electron chi connectivity index (χ3n) is 6.35. The summed E-state index contributed by atoms with van der Waals surface area (Å²) in [7, 11) is 0. The molecule has 0 aliphatic carbocycles. The number of carbonyl (C=O) groups is 2. The number of aliphatic hydroxyl groups excluding tert-OH is 2. The van der Waals surface area contributed by atoms with Crippen molar-refractivity contribution in [3.63, 3.8) is 0 Å². The molecule has 2 amide bonds. The van der Waals surface area contributed by atoms with Crippen molar-refractivity contribution in [1.29, 1.82) is 0 Å². The molecule has 0 bridgehead atoms. The third kappa shape index (κ3) is 5.37. The van der Waals surface area contributed by atoms with E-state index in [-0.39, 0.29) is 17.8 Å². The Hall–Kier alpha value is -3.03. The lowest BCUT2D eigenvalue weighted by atomic mass is 9.93. The first-order chi connectivity index (χ1) is 17.0. The van der Waals surface area contributed by atoms with Crippen LogP contribution in [0.3, 0.4) is 0 Å². The van der Waals surface area contributed by atoms with E-state index in [0.717, 1.165) is 12.8 Å². The zero-order valence-corrected chi connectivity index (χ0v) is 21.0. The topological polar surface area (TPSA) is 178 Å². The second kappa shape index (κ2) is 10.1. The van der Waals surface area contributed by atoms with Gasteiger partial charge in [-0.15, -0.1) is 0 Å². The average Bonchev–Trinajstić information content (AvgIpc) is 3.34. The van der Waals surface area contributed by atoms with Gasteiger partial charge in [-0.3, -0.25) is 9.36 Å². The van der Waals surface area contributed by atoms with Crippen LogP contribution in [0, 0.1) is 5.92 Å². The van der Waals surface area contributed by atoms with Crippen molar-refractivity contribution in [2.45, 2.75) is 77.1 Å². The molecule has 2 aliphatic heterocycles. The van der Waals surface area contributed by atoms with Crippen LogP contribution < -0.4 is 11.1 Å². The molecule has 0 aromatic carbocycles. The molecule has 13 nitrogen and oxygen atoms in total. The minimum Gasteiger partial charge on any atom is -0.444 e. The Labute approximate surface area is 209 Å². The minimum atomic E-state index is -1.41. The van der Waals surface area contributed by atoms with E-state index in [4.69, 9.17) is 15.2 Å². The number of nitrogen functional groups attached to an aromatic ring is 1. The summed E-state index contributed by atoms with van der Waals surface area (Å²) in [5.74, 6) is 0.428. The number of carbonyl (C=O) groups excluding carboxylic acids is 2. The van der Waals surface area contributed by atoms with Gasteiger partial charge in [-0.1, -0.05) is 0 Å². The van der Waals surface area contributed by atoms with Crippen LogP contribution in [0.1, 0.15) is 52.6 Å². The summed E-state index contributed by atoms with van der Waals surface area (Å²) >= 11 is 0. The molecule has 2 aliphatic rings. The van der Waals surface area contributed by atoms with Crippen LogP contribution in [0.15, 0.2) is 6.33 Å². The number of nitrogens with two attached hydrogens (primary N) is 1. The van der Waals surface area contributed by atoms with Crippen molar-refractivity contribution in [1.82, 2.24) is 29.7 Å². The van der Waals surface area contributed by atoms with Crippen LogP contribution in [-0.4, -0.2) is 90.2 Å². The zero-order valence-electron chi connectivity index (χ0n) is 21.0. The van der Waals surface area contributed by atoms with Gasteiger partial charge < -0.3 is 35.6 Å². The number of likely N-dealkylation sites (N-methyl/N-ethyl adjacent to an activating group) is 1. The predicted molar refractivity (Wildman–Crippen MR) is 129 cm³/mol. The molecule has 0 saturated carbocycles. The largest absolute Gasteiger partial charge is 0.444 e. The van der Waals surface area contributed by atoms with Gasteiger partial charge in [-0.25, -0.2) is 19.7 Å². The molecular formula is C23H35N7O6. The molecule has 4 atom stereocenters. The predicted octanol–water partition coefficient (Wildman–Crippen LogP) is 0.353. The maximum atomic E-state index is 12.3. The number of nitrogens with zero attached hydrogens (tertiary/aromatic N) is 5. The third-order valence-corrected chi connectivity index (χ3v) is 6.35. The molecule has 5 N–H and O–H groups in total. The monoisotopic (exact) mass is 505 g/mol. The number of ether oxygens (including phenoxy) is 2. The molecular weight excluding hydrogens is 470 g/mol. The molecule has 198 valence electrons. The quantitative estimate of drug-likeness (QED) is 0.443. The van der Waals surface area contributed by atoms with Gasteiger partial charge in [0.1, 0.15) is 29.2 Å². The standard InChI is InChI=1S/C23H35N7O6/c1-5-25-20(33)17-15(31)16(32)21(35-17)30-11-26-14-18(24)27-13(28-19(14)30)10-12-6-8-29(9-7-12)22(34)36-23(2,3)4/h11-12,15-17,21,31-32H,5-10H2,1-4H3,(H,25,33)(H2,24,27,28)/t15?,16?,17-,21+/m0/s1. The van der Waals surface area contributed by atoms with Gasteiger partial charge in [0.05, 0.1) is 6.33 Å². The van der Waals surface area contributed by atoms with Crippen LogP contribution >= 0.6 is 0 Å². The first-order valence-corrected chi connectivity index (χ1v) is 12.2. The van der Waals surface area contributed by atoms with E-state index in [2.05, 4.69) is 20.3 Å². The summed E-state index contributed by atoms with van der Waals surface area (Å²) in [5.41, 5.74) is 6.30. The molecule has 2 aromatic rings. The summed E-state index contributed by atoms with van der Waals surface area (Å²) in [6, 6.07) is 0. The minimum absolute atomic E-state index is 0.188. The fourth-order valence-corrected chi connectivity index (χ4v) is 4.55. The van der Waals surface area contributed by atoms with Crippen LogP contribution in [0.4, 0.5) is 10.6 Å². The van der Waals surface area contributed by atoms with Crippen molar-refractivity contribution in [3.8, 4) is 0 Å². The van der Waals surface area contributed by atoms with Gasteiger partial charge in [-0.05, 0) is 46.5 Å². The number of anilines is 1. The maximum Gasteiger partial charge on any atom is 0.410 e. The van der Waals surface area contributed by atoms with E-state index < -0.39 is 36.0 Å². The lowest BCUT2D eigenvalue weighted by Gasteiger charge is -2.33. The van der Waals surface area contributed by atoms with Crippen LogP contribution in [-0.2, 0) is 20.7 Å². The summed E-state index contributed by atoms with van der Waals surface area (Å²) in [5, 5.41) is 23.6. The van der Waals surface area contributed by atoms with E-state index in [1.807, 2.05) is 20.8 Å². The molecule has 2 saturated heterocycles. The van der Waals surface area contributed by atoms with Gasteiger partial charge in [0.25, 0.3) is 5.91 Å². The van der Waals surface area contributed by atoms with Crippen LogP contribution in [0.25, 0.3) is 11.2 Å². The Balaban J connectivity index is 1.47. The molecule has 4 rings (SSSR count). The van der Waals surface area contributed by atoms with E-state index >= 15 is 0 Å². The Kier molecular flexibility index (Phi) is 7.34. The van der Waals surface area contributed by atoms with Gasteiger partial charge in [0.15, 0.2) is 23.8 Å². The number of piperidine rings is 1. The van der Waals surface area contributed by atoms with Gasteiger partial charge in [-0.2, -0.15) is 0 Å². The zero-order chi connectivity index (χ0) is 26.2. The number of fused-ring (bicyclic) bond motifs is 1. The van der Waals surface area contributed by atoms with Crippen molar-refractivity contribution >= 4 is 29.0 Å². The Morgan fingerprint density at radius 2 is 1.92 bits per heavy atom. The smallest absolute Gasteiger partial charge is 0.410 e. The number of hydrogen-bond donors (Lipinski definition) is 4. The maximum absolute atomic E-state index is 12.3. The van der Waals surface area contributed by atoms with Crippen molar-refractivity contribution in [3.05, 3.63) is 12.2 Å². The Morgan fingerprint density at radius 3 is 2.56 bits per heavy atom. The normalized spacial score (nSPS) is 25.3. The van der Waals surface area contributed by atoms with E-state index in [0.29, 0.717) is 43.0 Å². The Bertz CT molecular complexity index is 1110.